The van der Waals surface area contributed by atoms with E-state index in [-0.39, 0.29) is 5.57 Å². The van der Waals surface area contributed by atoms with E-state index in [1.165, 1.54) is 6.08 Å². The number of hydrogen-bond donors (Lipinski definition) is 2. The van der Waals surface area contributed by atoms with Gasteiger partial charge in [0.2, 0.25) is 0 Å². The molecule has 0 saturated carbocycles. The number of H-pyrrole nitrogens is 1. The second-order valence-electron chi connectivity index (χ2n) is 3.20. The number of nitrogens with one attached hydrogen (secondary N) is 1. The summed E-state index contributed by atoms with van der Waals surface area (Å²) < 4.78 is 0. The number of hydrogen-bond acceptors (Lipinski definition) is 3. The van der Waals surface area contributed by atoms with Gasteiger partial charge in [-0.15, -0.1) is 0 Å². The van der Waals surface area contributed by atoms with Crippen LogP contribution in [0.15, 0.2) is 30.2 Å². The maximum atomic E-state index is 10.9. The molecule has 5 nitrogen and oxygen atoms in total. The van der Waals surface area contributed by atoms with E-state index in [2.05, 4.69) is 9.97 Å². The molecule has 5 heteroatoms. The topological polar surface area (TPSA) is 95.6 Å². The Labute approximate surface area is 91.2 Å². The summed E-state index contributed by atoms with van der Waals surface area (Å²) in [5, 5.41) is 9.57. The van der Waals surface area contributed by atoms with Crippen LogP contribution in [0.4, 0.5) is 0 Å². The zero-order valence-corrected chi connectivity index (χ0v) is 8.27. The number of nitriles is 1. The summed E-state index contributed by atoms with van der Waals surface area (Å²) in [6.07, 6.45) is 6.47. The average molecular weight is 212 g/mol. The van der Waals surface area contributed by atoms with E-state index < -0.39 is 5.91 Å². The Morgan fingerprint density at radius 1 is 1.62 bits per heavy atom. The molecule has 0 aromatic carbocycles. The Hall–Kier alpha value is -2.61. The maximum Gasteiger partial charge on any atom is 0.259 e. The van der Waals surface area contributed by atoms with Gasteiger partial charge in [-0.3, -0.25) is 9.78 Å². The summed E-state index contributed by atoms with van der Waals surface area (Å²) in [6, 6.07) is 3.57. The Bertz CT molecular complexity index is 618. The highest BCUT2D eigenvalue weighted by Crippen LogP contribution is 2.18. The van der Waals surface area contributed by atoms with Gasteiger partial charge in [0.05, 0.1) is 0 Å². The Morgan fingerprint density at radius 3 is 3.12 bits per heavy atom. The molecular formula is C11H8N4O. The molecule has 0 atom stereocenters. The maximum absolute atomic E-state index is 10.9. The third kappa shape index (κ3) is 1.64. The van der Waals surface area contributed by atoms with Gasteiger partial charge >= 0.3 is 0 Å². The highest BCUT2D eigenvalue weighted by atomic mass is 16.1. The molecule has 16 heavy (non-hydrogen) atoms. The first-order valence-corrected chi connectivity index (χ1v) is 4.55. The predicted molar refractivity (Wildman–Crippen MR) is 58.9 cm³/mol. The number of nitrogens with zero attached hydrogens (tertiary/aromatic N) is 2. The smallest absolute Gasteiger partial charge is 0.259 e. The zero-order valence-electron chi connectivity index (χ0n) is 8.27. The lowest BCUT2D eigenvalue weighted by molar-refractivity contribution is -0.114. The van der Waals surface area contributed by atoms with Crippen LogP contribution in [0.2, 0.25) is 0 Å². The van der Waals surface area contributed by atoms with Crippen LogP contribution in [0.3, 0.4) is 0 Å². The standard InChI is InChI=1S/C11H8N4O/c12-4-7(11(13)16)3-8-5-15-10-1-2-14-6-9(8)10/h1-3,5-6,15H,(H2,13,16). The van der Waals surface area contributed by atoms with Gasteiger partial charge < -0.3 is 10.7 Å². The van der Waals surface area contributed by atoms with Gasteiger partial charge in [0, 0.05) is 35.1 Å². The molecule has 0 aliphatic carbocycles. The normalized spacial score (nSPS) is 11.3. The minimum atomic E-state index is -0.735. The number of carbonyl (C=O) groups excluding carboxylic acids is 1. The largest absolute Gasteiger partial charge is 0.365 e. The van der Waals surface area contributed by atoms with Gasteiger partial charge in [0.25, 0.3) is 5.91 Å². The van der Waals surface area contributed by atoms with Gasteiger partial charge in [0.15, 0.2) is 0 Å². The van der Waals surface area contributed by atoms with Crippen molar-refractivity contribution in [2.75, 3.05) is 0 Å². The molecule has 0 spiro atoms. The number of primary amides is 1. The highest BCUT2D eigenvalue weighted by molar-refractivity contribution is 6.02. The van der Waals surface area contributed by atoms with E-state index in [1.807, 2.05) is 6.07 Å². The molecule has 2 aromatic rings. The third-order valence-electron chi connectivity index (χ3n) is 2.20. The Morgan fingerprint density at radius 2 is 2.44 bits per heavy atom. The van der Waals surface area contributed by atoms with Gasteiger partial charge in [-0.1, -0.05) is 0 Å². The first-order chi connectivity index (χ1) is 7.72. The van der Waals surface area contributed by atoms with Gasteiger partial charge in [-0.05, 0) is 12.1 Å². The fourth-order valence-electron chi connectivity index (χ4n) is 1.42. The molecule has 3 N–H and O–H groups in total. The Balaban J connectivity index is 2.57. The van der Waals surface area contributed by atoms with Crippen molar-refractivity contribution in [3.05, 3.63) is 35.8 Å². The Kier molecular flexibility index (Phi) is 2.40. The number of amides is 1. The summed E-state index contributed by atoms with van der Waals surface area (Å²) in [4.78, 5) is 17.9. The minimum Gasteiger partial charge on any atom is -0.365 e. The molecule has 78 valence electrons. The molecule has 2 aromatic heterocycles. The SMILES string of the molecule is N#CC(=Cc1c[nH]c2ccncc12)C(N)=O. The van der Waals surface area contributed by atoms with Crippen molar-refractivity contribution in [3.8, 4) is 6.07 Å². The lowest BCUT2D eigenvalue weighted by Gasteiger charge is -1.92. The van der Waals surface area contributed by atoms with Crippen molar-refractivity contribution in [1.29, 1.82) is 5.26 Å². The van der Waals surface area contributed by atoms with Crippen molar-refractivity contribution >= 4 is 22.9 Å². The van der Waals surface area contributed by atoms with Crippen molar-refractivity contribution in [2.45, 2.75) is 0 Å². The predicted octanol–water partition coefficient (Wildman–Crippen LogP) is 0.955. The highest BCUT2D eigenvalue weighted by Gasteiger charge is 2.06. The number of nitrogens with two attached hydrogens (primary N) is 1. The number of pyridine rings is 1. The van der Waals surface area contributed by atoms with E-state index in [9.17, 15) is 4.79 Å². The number of aromatic amines is 1. The van der Waals surface area contributed by atoms with Crippen molar-refractivity contribution in [1.82, 2.24) is 9.97 Å². The van der Waals surface area contributed by atoms with Crippen LogP contribution in [-0.4, -0.2) is 15.9 Å². The summed E-state index contributed by atoms with van der Waals surface area (Å²) >= 11 is 0. The molecule has 0 bridgehead atoms. The van der Waals surface area contributed by atoms with Gasteiger partial charge in [0.1, 0.15) is 11.6 Å². The minimum absolute atomic E-state index is 0.0789. The molecule has 0 radical (unpaired) electrons. The second-order valence-corrected chi connectivity index (χ2v) is 3.20. The van der Waals surface area contributed by atoms with Crippen LogP contribution in [0.5, 0.6) is 0 Å². The van der Waals surface area contributed by atoms with E-state index >= 15 is 0 Å². The van der Waals surface area contributed by atoms with E-state index in [0.29, 0.717) is 0 Å². The molecule has 0 saturated heterocycles. The van der Waals surface area contributed by atoms with Crippen LogP contribution in [-0.2, 0) is 4.79 Å². The fourth-order valence-corrected chi connectivity index (χ4v) is 1.42. The van der Waals surface area contributed by atoms with Crippen LogP contribution in [0.25, 0.3) is 17.0 Å². The molecule has 0 aliphatic rings. The monoisotopic (exact) mass is 212 g/mol. The van der Waals surface area contributed by atoms with Crippen LogP contribution < -0.4 is 5.73 Å². The van der Waals surface area contributed by atoms with E-state index in [4.69, 9.17) is 11.0 Å². The van der Waals surface area contributed by atoms with Crippen molar-refractivity contribution in [2.24, 2.45) is 5.73 Å². The molecule has 2 heterocycles. The fraction of sp³-hybridized carbons (Fsp3) is 0. The quantitative estimate of drug-likeness (QED) is 0.573. The van der Waals surface area contributed by atoms with Crippen LogP contribution >= 0.6 is 0 Å². The molecule has 0 unspecified atom stereocenters. The number of carbonyl (C=O) groups is 1. The number of aromatic nitrogens is 2. The van der Waals surface area contributed by atoms with Gasteiger partial charge in [-0.2, -0.15) is 5.26 Å². The summed E-state index contributed by atoms with van der Waals surface area (Å²) in [5.41, 5.74) is 6.59. The first-order valence-electron chi connectivity index (χ1n) is 4.55. The third-order valence-corrected chi connectivity index (χ3v) is 2.20. The molecule has 0 aliphatic heterocycles. The van der Waals surface area contributed by atoms with Crippen LogP contribution in [0.1, 0.15) is 5.56 Å². The second kappa shape index (κ2) is 3.87. The van der Waals surface area contributed by atoms with Gasteiger partial charge in [-0.25, -0.2) is 0 Å². The summed E-state index contributed by atoms with van der Waals surface area (Å²) in [6.45, 7) is 0. The average Bonchev–Trinajstić information content (AvgIpc) is 2.69. The summed E-state index contributed by atoms with van der Waals surface area (Å²) in [5.74, 6) is -0.735. The lowest BCUT2D eigenvalue weighted by Crippen LogP contribution is -2.12. The molecule has 2 rings (SSSR count). The van der Waals surface area contributed by atoms with Crippen molar-refractivity contribution in [3.63, 3.8) is 0 Å². The lowest BCUT2D eigenvalue weighted by atomic mass is 10.1. The molecular weight excluding hydrogens is 204 g/mol. The van der Waals surface area contributed by atoms with E-state index in [0.717, 1.165) is 16.5 Å². The van der Waals surface area contributed by atoms with Crippen molar-refractivity contribution < 1.29 is 4.79 Å². The number of rotatable bonds is 2. The first kappa shape index (κ1) is 9.93. The zero-order chi connectivity index (χ0) is 11.5. The molecule has 1 amide bonds. The summed E-state index contributed by atoms with van der Waals surface area (Å²) in [7, 11) is 0. The molecule has 0 fully saturated rings. The number of fused-ring (bicyclic) bond motifs is 1. The van der Waals surface area contributed by atoms with E-state index in [1.54, 1.807) is 24.7 Å². The van der Waals surface area contributed by atoms with Crippen LogP contribution in [0, 0.1) is 11.3 Å².